The van der Waals surface area contributed by atoms with Gasteiger partial charge in [0.2, 0.25) is 5.91 Å². The van der Waals surface area contributed by atoms with Crippen LogP contribution in [0.2, 0.25) is 5.02 Å². The Hall–Kier alpha value is -2.59. The Balaban J connectivity index is 1.99. The fourth-order valence-electron chi connectivity index (χ4n) is 4.70. The second-order valence-corrected chi connectivity index (χ2v) is 9.67. The Morgan fingerprint density at radius 2 is 1.84 bits per heavy atom. The maximum absolute atomic E-state index is 13.6. The van der Waals surface area contributed by atoms with Gasteiger partial charge in [0.1, 0.15) is 0 Å². The molecule has 0 saturated carbocycles. The minimum Gasteiger partial charge on any atom is -0.357 e. The van der Waals surface area contributed by atoms with E-state index < -0.39 is 6.04 Å². The number of carbonyl (C=O) groups is 2. The minimum atomic E-state index is -0.548. The van der Waals surface area contributed by atoms with E-state index in [1.165, 1.54) is 0 Å². The minimum absolute atomic E-state index is 0.00686. The number of Topliss-reactive ketones (excluding diaryl/α,β-unsaturated/α-hetero) is 1. The number of anilines is 2. The SMILES string of the molecule is CCCCC(=O)N1c2ccccc2NC2=C(C(=O)CC(C)(C)C2)[C@H]1c1ccccc1Cl. The summed E-state index contributed by atoms with van der Waals surface area (Å²) in [7, 11) is 0. The first-order valence-electron chi connectivity index (χ1n) is 11.0. The van der Waals surface area contributed by atoms with E-state index in [0.717, 1.165) is 41.9 Å². The molecule has 0 unspecified atom stereocenters. The summed E-state index contributed by atoms with van der Waals surface area (Å²) in [5, 5.41) is 4.09. The number of nitrogens with zero attached hydrogens (tertiary/aromatic N) is 1. The maximum Gasteiger partial charge on any atom is 0.227 e. The van der Waals surface area contributed by atoms with E-state index in [1.807, 2.05) is 48.5 Å². The predicted molar refractivity (Wildman–Crippen MR) is 126 cm³/mol. The summed E-state index contributed by atoms with van der Waals surface area (Å²) >= 11 is 6.65. The number of allylic oxidation sites excluding steroid dienone is 1. The Morgan fingerprint density at radius 1 is 1.13 bits per heavy atom. The summed E-state index contributed by atoms with van der Waals surface area (Å²) < 4.78 is 0. The molecule has 0 saturated heterocycles. The number of benzene rings is 2. The van der Waals surface area contributed by atoms with Gasteiger partial charge in [0.25, 0.3) is 0 Å². The van der Waals surface area contributed by atoms with Crippen LogP contribution >= 0.6 is 11.6 Å². The number of ketones is 1. The Labute approximate surface area is 189 Å². The number of unbranched alkanes of at least 4 members (excludes halogenated alkanes) is 1. The molecule has 31 heavy (non-hydrogen) atoms. The number of hydrogen-bond acceptors (Lipinski definition) is 3. The molecule has 2 aromatic rings. The van der Waals surface area contributed by atoms with Crippen molar-refractivity contribution in [3.63, 3.8) is 0 Å². The highest BCUT2D eigenvalue weighted by molar-refractivity contribution is 6.31. The van der Waals surface area contributed by atoms with Crippen LogP contribution in [0.25, 0.3) is 0 Å². The lowest BCUT2D eigenvalue weighted by Crippen LogP contribution is -2.39. The average Bonchev–Trinajstić information content (AvgIpc) is 2.85. The molecule has 0 radical (unpaired) electrons. The summed E-state index contributed by atoms with van der Waals surface area (Å²) in [4.78, 5) is 28.9. The quantitative estimate of drug-likeness (QED) is 0.581. The highest BCUT2D eigenvalue weighted by Gasteiger charge is 2.43. The highest BCUT2D eigenvalue weighted by Crippen LogP contribution is 2.49. The fraction of sp³-hybridized carbons (Fsp3) is 0.385. The largest absolute Gasteiger partial charge is 0.357 e. The van der Waals surface area contributed by atoms with Gasteiger partial charge in [-0.1, -0.05) is 69.1 Å². The van der Waals surface area contributed by atoms with E-state index in [1.54, 1.807) is 4.90 Å². The fourth-order valence-corrected chi connectivity index (χ4v) is 4.94. The van der Waals surface area contributed by atoms with Crippen LogP contribution in [0.5, 0.6) is 0 Å². The molecule has 2 aliphatic rings. The number of nitrogens with one attached hydrogen (secondary N) is 1. The number of halogens is 1. The standard InChI is InChI=1S/C26H29ClN2O2/c1-4-5-14-23(31)29-21-13-9-8-12-19(21)28-20-15-26(2,3)16-22(30)24(20)25(29)17-10-6-7-11-18(17)27/h6-13,25,28H,4-5,14-16H2,1-3H3/t25-/m1/s1. The van der Waals surface area contributed by atoms with Crippen LogP contribution in [-0.4, -0.2) is 11.7 Å². The van der Waals surface area contributed by atoms with Crippen LogP contribution in [0, 0.1) is 5.41 Å². The Morgan fingerprint density at radius 3 is 2.58 bits per heavy atom. The molecule has 0 aromatic heterocycles. The van der Waals surface area contributed by atoms with Gasteiger partial charge in [-0.15, -0.1) is 0 Å². The van der Waals surface area contributed by atoms with E-state index in [9.17, 15) is 9.59 Å². The average molecular weight is 437 g/mol. The molecule has 1 aliphatic carbocycles. The topological polar surface area (TPSA) is 49.4 Å². The first kappa shape index (κ1) is 21.6. The van der Waals surface area contributed by atoms with E-state index in [4.69, 9.17) is 11.6 Å². The van der Waals surface area contributed by atoms with Gasteiger partial charge >= 0.3 is 0 Å². The number of rotatable bonds is 4. The lowest BCUT2D eigenvalue weighted by Gasteiger charge is -2.37. The van der Waals surface area contributed by atoms with Crippen molar-refractivity contribution < 1.29 is 9.59 Å². The zero-order chi connectivity index (χ0) is 22.2. The van der Waals surface area contributed by atoms with E-state index in [2.05, 4.69) is 26.1 Å². The zero-order valence-corrected chi connectivity index (χ0v) is 19.1. The summed E-state index contributed by atoms with van der Waals surface area (Å²) in [5.41, 5.74) is 3.82. The number of amides is 1. The molecule has 0 spiro atoms. The van der Waals surface area contributed by atoms with E-state index in [0.29, 0.717) is 23.4 Å². The van der Waals surface area contributed by atoms with Gasteiger partial charge < -0.3 is 5.32 Å². The van der Waals surface area contributed by atoms with Gasteiger partial charge in [-0.3, -0.25) is 14.5 Å². The van der Waals surface area contributed by atoms with Gasteiger partial charge in [-0.25, -0.2) is 0 Å². The third-order valence-corrected chi connectivity index (χ3v) is 6.46. The van der Waals surface area contributed by atoms with Crippen molar-refractivity contribution in [2.24, 2.45) is 5.41 Å². The van der Waals surface area contributed by atoms with Crippen LogP contribution in [0.4, 0.5) is 11.4 Å². The molecule has 1 N–H and O–H groups in total. The van der Waals surface area contributed by atoms with E-state index in [-0.39, 0.29) is 17.1 Å². The van der Waals surface area contributed by atoms with Gasteiger partial charge in [-0.2, -0.15) is 0 Å². The lowest BCUT2D eigenvalue weighted by molar-refractivity contribution is -0.119. The molecule has 4 nitrogen and oxygen atoms in total. The third-order valence-electron chi connectivity index (χ3n) is 6.11. The van der Waals surface area contributed by atoms with Crippen LogP contribution < -0.4 is 10.2 Å². The highest BCUT2D eigenvalue weighted by atomic mass is 35.5. The molecule has 5 heteroatoms. The summed E-state index contributed by atoms with van der Waals surface area (Å²) in [6.07, 6.45) is 3.33. The molecule has 162 valence electrons. The number of carbonyl (C=O) groups excluding carboxylic acids is 2. The summed E-state index contributed by atoms with van der Waals surface area (Å²) in [6.45, 7) is 6.30. The monoisotopic (exact) mass is 436 g/mol. The molecular formula is C26H29ClN2O2. The molecule has 1 atom stereocenters. The zero-order valence-electron chi connectivity index (χ0n) is 18.4. The first-order valence-corrected chi connectivity index (χ1v) is 11.4. The van der Waals surface area contributed by atoms with Crippen molar-refractivity contribution in [3.8, 4) is 0 Å². The molecule has 2 aromatic carbocycles. The van der Waals surface area contributed by atoms with Gasteiger partial charge in [0.15, 0.2) is 5.78 Å². The summed E-state index contributed by atoms with van der Waals surface area (Å²) in [5.74, 6) is 0.0807. The third kappa shape index (κ3) is 4.14. The van der Waals surface area contributed by atoms with Crippen molar-refractivity contribution in [2.45, 2.75) is 58.9 Å². The molecule has 1 aliphatic heterocycles. The molecular weight excluding hydrogens is 408 g/mol. The van der Waals surface area contributed by atoms with Crippen molar-refractivity contribution in [2.75, 3.05) is 10.2 Å². The number of para-hydroxylation sites is 2. The van der Waals surface area contributed by atoms with Gasteiger partial charge in [0, 0.05) is 29.1 Å². The Kier molecular flexibility index (Phi) is 5.94. The van der Waals surface area contributed by atoms with Crippen molar-refractivity contribution >= 4 is 34.7 Å². The van der Waals surface area contributed by atoms with E-state index >= 15 is 0 Å². The van der Waals surface area contributed by atoms with Crippen molar-refractivity contribution in [3.05, 3.63) is 70.4 Å². The predicted octanol–water partition coefficient (Wildman–Crippen LogP) is 6.67. The van der Waals surface area contributed by atoms with Crippen LogP contribution in [0.1, 0.15) is 64.5 Å². The summed E-state index contributed by atoms with van der Waals surface area (Å²) in [6, 6.07) is 14.8. The maximum atomic E-state index is 13.6. The van der Waals surface area contributed by atoms with Crippen LogP contribution in [-0.2, 0) is 9.59 Å². The second kappa shape index (κ2) is 8.51. The lowest BCUT2D eigenvalue weighted by atomic mass is 9.73. The molecule has 1 amide bonds. The van der Waals surface area contributed by atoms with Crippen LogP contribution in [0.15, 0.2) is 59.8 Å². The normalized spacial score (nSPS) is 19.9. The van der Waals surface area contributed by atoms with Crippen molar-refractivity contribution in [1.29, 1.82) is 0 Å². The van der Waals surface area contributed by atoms with Gasteiger partial charge in [0.05, 0.1) is 17.4 Å². The molecule has 0 fully saturated rings. The molecule has 0 bridgehead atoms. The van der Waals surface area contributed by atoms with Crippen LogP contribution in [0.3, 0.4) is 0 Å². The number of hydrogen-bond donors (Lipinski definition) is 1. The van der Waals surface area contributed by atoms with Crippen molar-refractivity contribution in [1.82, 2.24) is 0 Å². The van der Waals surface area contributed by atoms with Gasteiger partial charge in [-0.05, 0) is 42.0 Å². The number of fused-ring (bicyclic) bond motifs is 1. The molecule has 4 rings (SSSR count). The smallest absolute Gasteiger partial charge is 0.227 e. The Bertz CT molecular complexity index is 1060. The first-order chi connectivity index (χ1) is 14.8. The second-order valence-electron chi connectivity index (χ2n) is 9.27. The molecule has 1 heterocycles.